The maximum atomic E-state index is 12.2. The SMILES string of the molecule is CC1CN(c2ccc(C(=O)O)cc2)CCN1C(=O)OC(C)(C)C. The van der Waals surface area contributed by atoms with Gasteiger partial charge in [-0.15, -0.1) is 0 Å². The molecule has 1 aliphatic heterocycles. The first-order valence-corrected chi connectivity index (χ1v) is 7.75. The van der Waals surface area contributed by atoms with Crippen molar-refractivity contribution in [1.82, 2.24) is 4.90 Å². The van der Waals surface area contributed by atoms with E-state index in [2.05, 4.69) is 4.90 Å². The maximum Gasteiger partial charge on any atom is 0.410 e. The van der Waals surface area contributed by atoms with Crippen LogP contribution in [0.25, 0.3) is 0 Å². The minimum absolute atomic E-state index is 0.0257. The number of rotatable bonds is 2. The van der Waals surface area contributed by atoms with Crippen LogP contribution in [0.4, 0.5) is 10.5 Å². The van der Waals surface area contributed by atoms with E-state index in [1.165, 1.54) is 0 Å². The molecule has 1 amide bonds. The minimum Gasteiger partial charge on any atom is -0.478 e. The number of carbonyl (C=O) groups excluding carboxylic acids is 1. The largest absolute Gasteiger partial charge is 0.478 e. The zero-order valence-electron chi connectivity index (χ0n) is 14.1. The van der Waals surface area contributed by atoms with Gasteiger partial charge in [-0.05, 0) is 52.0 Å². The van der Waals surface area contributed by atoms with Crippen LogP contribution in [0.15, 0.2) is 24.3 Å². The normalized spacial score (nSPS) is 18.7. The summed E-state index contributed by atoms with van der Waals surface area (Å²) in [5.41, 5.74) is 0.737. The summed E-state index contributed by atoms with van der Waals surface area (Å²) in [6, 6.07) is 6.83. The first kappa shape index (κ1) is 17.1. The molecule has 1 unspecified atom stereocenters. The van der Waals surface area contributed by atoms with Crippen molar-refractivity contribution in [1.29, 1.82) is 0 Å². The van der Waals surface area contributed by atoms with Crippen LogP contribution in [0.1, 0.15) is 38.1 Å². The van der Waals surface area contributed by atoms with Gasteiger partial charge in [0.05, 0.1) is 5.56 Å². The molecule has 0 radical (unpaired) electrons. The number of ether oxygens (including phenoxy) is 1. The van der Waals surface area contributed by atoms with Gasteiger partial charge >= 0.3 is 12.1 Å². The molecule has 0 saturated carbocycles. The Kier molecular flexibility index (Phi) is 4.82. The van der Waals surface area contributed by atoms with Crippen molar-refractivity contribution >= 4 is 17.7 Å². The van der Waals surface area contributed by atoms with Crippen molar-refractivity contribution in [2.75, 3.05) is 24.5 Å². The van der Waals surface area contributed by atoms with E-state index in [1.807, 2.05) is 27.7 Å². The number of aromatic carboxylic acids is 1. The van der Waals surface area contributed by atoms with Crippen molar-refractivity contribution in [3.63, 3.8) is 0 Å². The molecular formula is C17H24N2O4. The second-order valence-electron chi connectivity index (χ2n) is 6.82. The lowest BCUT2D eigenvalue weighted by atomic mass is 10.1. The van der Waals surface area contributed by atoms with Crippen LogP contribution in [-0.4, -0.2) is 53.3 Å². The van der Waals surface area contributed by atoms with Crippen molar-refractivity contribution < 1.29 is 19.4 Å². The third-order valence-electron chi connectivity index (χ3n) is 3.73. The second kappa shape index (κ2) is 6.48. The summed E-state index contributed by atoms with van der Waals surface area (Å²) >= 11 is 0. The maximum absolute atomic E-state index is 12.2. The van der Waals surface area contributed by atoms with E-state index < -0.39 is 11.6 Å². The number of carboxylic acids is 1. The predicted molar refractivity (Wildman–Crippen MR) is 88.0 cm³/mol. The standard InChI is InChI=1S/C17H24N2O4/c1-12-11-18(14-7-5-13(6-8-14)15(20)21)9-10-19(12)16(22)23-17(2,3)4/h5-8,12H,9-11H2,1-4H3,(H,20,21). The summed E-state index contributed by atoms with van der Waals surface area (Å²) in [6.07, 6.45) is -0.286. The highest BCUT2D eigenvalue weighted by Gasteiger charge is 2.30. The van der Waals surface area contributed by atoms with E-state index in [1.54, 1.807) is 29.2 Å². The van der Waals surface area contributed by atoms with Crippen LogP contribution >= 0.6 is 0 Å². The van der Waals surface area contributed by atoms with Crippen LogP contribution in [-0.2, 0) is 4.74 Å². The fourth-order valence-electron chi connectivity index (χ4n) is 2.60. The Morgan fingerprint density at radius 2 is 1.78 bits per heavy atom. The summed E-state index contributed by atoms with van der Waals surface area (Å²) in [6.45, 7) is 9.52. The topological polar surface area (TPSA) is 70.1 Å². The third kappa shape index (κ3) is 4.37. The van der Waals surface area contributed by atoms with Gasteiger partial charge in [-0.3, -0.25) is 0 Å². The van der Waals surface area contributed by atoms with E-state index in [-0.39, 0.29) is 17.7 Å². The van der Waals surface area contributed by atoms with Crippen LogP contribution < -0.4 is 4.90 Å². The lowest BCUT2D eigenvalue weighted by molar-refractivity contribution is 0.0159. The molecule has 0 bridgehead atoms. The van der Waals surface area contributed by atoms with Crippen LogP contribution in [0.5, 0.6) is 0 Å². The third-order valence-corrected chi connectivity index (χ3v) is 3.73. The average molecular weight is 320 g/mol. The number of hydrogen-bond donors (Lipinski definition) is 1. The molecular weight excluding hydrogens is 296 g/mol. The van der Waals surface area contributed by atoms with Gasteiger partial charge in [0, 0.05) is 31.4 Å². The fourth-order valence-corrected chi connectivity index (χ4v) is 2.60. The Morgan fingerprint density at radius 1 is 1.17 bits per heavy atom. The summed E-state index contributed by atoms with van der Waals surface area (Å²) < 4.78 is 5.43. The highest BCUT2D eigenvalue weighted by molar-refractivity contribution is 5.88. The van der Waals surface area contributed by atoms with E-state index >= 15 is 0 Å². The van der Waals surface area contributed by atoms with Crippen molar-refractivity contribution in [2.24, 2.45) is 0 Å². The Labute approximate surface area is 136 Å². The molecule has 0 aliphatic carbocycles. The minimum atomic E-state index is -0.931. The lowest BCUT2D eigenvalue weighted by Gasteiger charge is -2.41. The number of benzene rings is 1. The molecule has 1 N–H and O–H groups in total. The zero-order chi connectivity index (χ0) is 17.2. The Bertz CT molecular complexity index is 577. The molecule has 0 aromatic heterocycles. The summed E-state index contributed by atoms with van der Waals surface area (Å²) in [4.78, 5) is 27.0. The van der Waals surface area contributed by atoms with Crippen molar-refractivity contribution in [3.8, 4) is 0 Å². The quantitative estimate of drug-likeness (QED) is 0.907. The molecule has 1 atom stereocenters. The Balaban J connectivity index is 2.00. The van der Waals surface area contributed by atoms with Crippen LogP contribution in [0, 0.1) is 0 Å². The smallest absolute Gasteiger partial charge is 0.410 e. The van der Waals surface area contributed by atoms with Gasteiger partial charge in [-0.25, -0.2) is 9.59 Å². The molecule has 1 aromatic rings. The second-order valence-corrected chi connectivity index (χ2v) is 6.82. The predicted octanol–water partition coefficient (Wildman–Crippen LogP) is 2.83. The number of amides is 1. The lowest BCUT2D eigenvalue weighted by Crippen LogP contribution is -2.55. The van der Waals surface area contributed by atoms with Gasteiger partial charge in [-0.2, -0.15) is 0 Å². The highest BCUT2D eigenvalue weighted by atomic mass is 16.6. The Morgan fingerprint density at radius 3 is 2.26 bits per heavy atom. The summed E-state index contributed by atoms with van der Waals surface area (Å²) in [5, 5.41) is 8.95. The van der Waals surface area contributed by atoms with Gasteiger partial charge < -0.3 is 19.6 Å². The van der Waals surface area contributed by atoms with E-state index in [9.17, 15) is 9.59 Å². The molecule has 126 valence electrons. The monoisotopic (exact) mass is 320 g/mol. The van der Waals surface area contributed by atoms with Gasteiger partial charge in [0.1, 0.15) is 5.60 Å². The molecule has 6 heteroatoms. The fraction of sp³-hybridized carbons (Fsp3) is 0.529. The molecule has 1 heterocycles. The highest BCUT2D eigenvalue weighted by Crippen LogP contribution is 2.21. The molecule has 1 saturated heterocycles. The first-order valence-electron chi connectivity index (χ1n) is 7.75. The van der Waals surface area contributed by atoms with Gasteiger partial charge in [0.2, 0.25) is 0 Å². The number of anilines is 1. The molecule has 23 heavy (non-hydrogen) atoms. The van der Waals surface area contributed by atoms with Crippen LogP contribution in [0.3, 0.4) is 0 Å². The number of piperazine rings is 1. The van der Waals surface area contributed by atoms with Crippen molar-refractivity contribution in [2.45, 2.75) is 39.3 Å². The van der Waals surface area contributed by atoms with E-state index in [0.29, 0.717) is 19.6 Å². The van der Waals surface area contributed by atoms with Crippen LogP contribution in [0.2, 0.25) is 0 Å². The van der Waals surface area contributed by atoms with Gasteiger partial charge in [-0.1, -0.05) is 0 Å². The molecule has 1 aliphatic rings. The molecule has 2 rings (SSSR count). The van der Waals surface area contributed by atoms with Crippen molar-refractivity contribution in [3.05, 3.63) is 29.8 Å². The van der Waals surface area contributed by atoms with E-state index in [4.69, 9.17) is 9.84 Å². The zero-order valence-corrected chi connectivity index (χ0v) is 14.1. The summed E-state index contributed by atoms with van der Waals surface area (Å²) in [7, 11) is 0. The average Bonchev–Trinajstić information content (AvgIpc) is 2.45. The summed E-state index contributed by atoms with van der Waals surface area (Å²) in [5.74, 6) is -0.931. The number of nitrogens with zero attached hydrogens (tertiary/aromatic N) is 2. The molecule has 6 nitrogen and oxygen atoms in total. The Hall–Kier alpha value is -2.24. The number of carbonyl (C=O) groups is 2. The number of hydrogen-bond acceptors (Lipinski definition) is 4. The molecule has 1 fully saturated rings. The first-order chi connectivity index (χ1) is 10.7. The van der Waals surface area contributed by atoms with Gasteiger partial charge in [0.15, 0.2) is 0 Å². The van der Waals surface area contributed by atoms with Gasteiger partial charge in [0.25, 0.3) is 0 Å². The van der Waals surface area contributed by atoms with E-state index in [0.717, 1.165) is 5.69 Å². The molecule has 1 aromatic carbocycles. The molecule has 0 spiro atoms. The number of carboxylic acid groups (broad SMARTS) is 1.